The molecule has 0 bridgehead atoms. The van der Waals surface area contributed by atoms with Gasteiger partial charge < -0.3 is 4.90 Å². The van der Waals surface area contributed by atoms with Crippen LogP contribution < -0.4 is 4.90 Å². The van der Waals surface area contributed by atoms with E-state index < -0.39 is 0 Å². The van der Waals surface area contributed by atoms with Crippen LogP contribution in [0.1, 0.15) is 6.42 Å². The third-order valence-corrected chi connectivity index (χ3v) is 2.75. The Hall–Kier alpha value is -2.57. The van der Waals surface area contributed by atoms with Crippen molar-refractivity contribution in [2.75, 3.05) is 11.4 Å². The van der Waals surface area contributed by atoms with E-state index in [0.29, 0.717) is 11.4 Å². The summed E-state index contributed by atoms with van der Waals surface area (Å²) >= 11 is 0. The average molecular weight is 243 g/mol. The van der Waals surface area contributed by atoms with E-state index in [0.717, 1.165) is 0 Å². The Bertz CT molecular complexity index is 608. The summed E-state index contributed by atoms with van der Waals surface area (Å²) in [5, 5.41) is 10.9. The number of hydrogen-bond acceptors (Lipinski definition) is 5. The molecule has 1 aliphatic rings. The number of tetrazole rings is 1. The van der Waals surface area contributed by atoms with E-state index in [9.17, 15) is 9.59 Å². The number of amides is 1. The molecule has 0 atom stereocenters. The Morgan fingerprint density at radius 2 is 1.89 bits per heavy atom. The van der Waals surface area contributed by atoms with Gasteiger partial charge in [0.2, 0.25) is 5.91 Å². The highest BCUT2D eigenvalue weighted by molar-refractivity contribution is 6.15. The second kappa shape index (κ2) is 4.02. The molecule has 2 heterocycles. The highest BCUT2D eigenvalue weighted by Crippen LogP contribution is 2.26. The van der Waals surface area contributed by atoms with E-state index in [2.05, 4.69) is 15.5 Å². The van der Waals surface area contributed by atoms with Gasteiger partial charge in [-0.3, -0.25) is 9.59 Å². The van der Waals surface area contributed by atoms with Crippen molar-refractivity contribution < 1.29 is 9.59 Å². The zero-order chi connectivity index (χ0) is 12.5. The molecule has 2 aromatic rings. The second-order valence-electron chi connectivity index (χ2n) is 3.94. The molecule has 1 aliphatic heterocycles. The van der Waals surface area contributed by atoms with Crippen molar-refractivity contribution in [1.29, 1.82) is 0 Å². The molecule has 0 radical (unpaired) electrons. The van der Waals surface area contributed by atoms with Gasteiger partial charge in [0.05, 0.1) is 24.3 Å². The van der Waals surface area contributed by atoms with Crippen LogP contribution in [0.25, 0.3) is 5.69 Å². The second-order valence-corrected chi connectivity index (χ2v) is 3.94. The lowest BCUT2D eigenvalue weighted by molar-refractivity contribution is -0.121. The van der Waals surface area contributed by atoms with E-state index in [4.69, 9.17) is 0 Å². The number of carbonyl (C=O) groups excluding carboxylic acids is 2. The van der Waals surface area contributed by atoms with Gasteiger partial charge >= 0.3 is 0 Å². The van der Waals surface area contributed by atoms with Crippen LogP contribution in [0.15, 0.2) is 30.6 Å². The van der Waals surface area contributed by atoms with Crippen LogP contribution in [0.5, 0.6) is 0 Å². The van der Waals surface area contributed by atoms with Crippen LogP contribution in [-0.2, 0) is 9.59 Å². The molecule has 1 fully saturated rings. The highest BCUT2D eigenvalue weighted by Gasteiger charge is 2.30. The average Bonchev–Trinajstić information content (AvgIpc) is 2.99. The van der Waals surface area contributed by atoms with Crippen LogP contribution in [0.4, 0.5) is 5.69 Å². The SMILES string of the molecule is O=C1CC(=O)N(c2ccccc2-n2cnnn2)C1. The van der Waals surface area contributed by atoms with E-state index in [1.165, 1.54) is 15.9 Å². The van der Waals surface area contributed by atoms with Gasteiger partial charge in [0.1, 0.15) is 6.33 Å². The fourth-order valence-corrected chi connectivity index (χ4v) is 1.96. The number of anilines is 1. The summed E-state index contributed by atoms with van der Waals surface area (Å²) in [6.07, 6.45) is 1.41. The van der Waals surface area contributed by atoms with Crippen molar-refractivity contribution in [2.24, 2.45) is 0 Å². The summed E-state index contributed by atoms with van der Waals surface area (Å²) < 4.78 is 1.46. The van der Waals surface area contributed by atoms with Crippen molar-refractivity contribution in [1.82, 2.24) is 20.2 Å². The molecule has 18 heavy (non-hydrogen) atoms. The lowest BCUT2D eigenvalue weighted by atomic mass is 10.2. The number of carbonyl (C=O) groups is 2. The zero-order valence-corrected chi connectivity index (χ0v) is 9.35. The Morgan fingerprint density at radius 3 is 2.50 bits per heavy atom. The number of para-hydroxylation sites is 2. The van der Waals surface area contributed by atoms with Gasteiger partial charge in [-0.15, -0.1) is 5.10 Å². The fraction of sp³-hybridized carbons (Fsp3) is 0.182. The molecule has 0 aliphatic carbocycles. The topological polar surface area (TPSA) is 81.0 Å². The Balaban J connectivity index is 2.08. The minimum absolute atomic E-state index is 0.0378. The van der Waals surface area contributed by atoms with E-state index in [1.807, 2.05) is 6.07 Å². The lowest BCUT2D eigenvalue weighted by Gasteiger charge is -2.17. The maximum atomic E-state index is 11.8. The first-order valence-electron chi connectivity index (χ1n) is 5.40. The predicted octanol–water partition coefficient (Wildman–Crippen LogP) is -0.0319. The van der Waals surface area contributed by atoms with Gasteiger partial charge in [-0.2, -0.15) is 4.68 Å². The smallest absolute Gasteiger partial charge is 0.234 e. The number of ketones is 1. The van der Waals surface area contributed by atoms with Crippen LogP contribution in [0.3, 0.4) is 0 Å². The number of Topliss-reactive ketones (excluding diaryl/α,β-unsaturated/α-hetero) is 1. The summed E-state index contributed by atoms with van der Waals surface area (Å²) in [6, 6.07) is 7.19. The molecule has 1 aromatic carbocycles. The van der Waals surface area contributed by atoms with E-state index in [-0.39, 0.29) is 24.7 Å². The Labute approximate surface area is 102 Å². The first-order valence-corrected chi connectivity index (χ1v) is 5.40. The number of benzene rings is 1. The molecule has 0 saturated carbocycles. The molecule has 1 amide bonds. The van der Waals surface area contributed by atoms with Gasteiger partial charge in [-0.05, 0) is 22.6 Å². The fourth-order valence-electron chi connectivity index (χ4n) is 1.96. The number of hydrogen-bond donors (Lipinski definition) is 0. The van der Waals surface area contributed by atoms with E-state index in [1.54, 1.807) is 18.2 Å². The first-order chi connectivity index (χ1) is 8.75. The number of aromatic nitrogens is 4. The maximum Gasteiger partial charge on any atom is 0.234 e. The van der Waals surface area contributed by atoms with Gasteiger partial charge in [0, 0.05) is 0 Å². The molecular formula is C11H9N5O2. The number of rotatable bonds is 2. The molecule has 0 spiro atoms. The largest absolute Gasteiger partial charge is 0.302 e. The summed E-state index contributed by atoms with van der Waals surface area (Å²) in [6.45, 7) is 0.109. The monoisotopic (exact) mass is 243 g/mol. The Kier molecular flexibility index (Phi) is 2.36. The minimum Gasteiger partial charge on any atom is -0.302 e. The third kappa shape index (κ3) is 1.65. The standard InChI is InChI=1S/C11H9N5O2/c17-8-5-11(18)15(6-8)9-3-1-2-4-10(9)16-7-12-13-14-16/h1-4,7H,5-6H2. The molecule has 7 heteroatoms. The molecule has 3 rings (SSSR count). The van der Waals surface area contributed by atoms with E-state index >= 15 is 0 Å². The van der Waals surface area contributed by atoms with Gasteiger partial charge in [-0.1, -0.05) is 12.1 Å². The normalized spacial score (nSPS) is 15.4. The quantitative estimate of drug-likeness (QED) is 0.692. The molecule has 0 N–H and O–H groups in total. The van der Waals surface area contributed by atoms with Crippen molar-refractivity contribution in [3.63, 3.8) is 0 Å². The summed E-state index contributed by atoms with van der Waals surface area (Å²) in [5.41, 5.74) is 1.31. The summed E-state index contributed by atoms with van der Waals surface area (Å²) in [4.78, 5) is 24.5. The van der Waals surface area contributed by atoms with Crippen LogP contribution in [0, 0.1) is 0 Å². The molecule has 90 valence electrons. The number of nitrogens with zero attached hydrogens (tertiary/aromatic N) is 5. The third-order valence-electron chi connectivity index (χ3n) is 2.75. The highest BCUT2D eigenvalue weighted by atomic mass is 16.2. The molecular weight excluding hydrogens is 234 g/mol. The van der Waals surface area contributed by atoms with Gasteiger partial charge in [-0.25, -0.2) is 0 Å². The zero-order valence-electron chi connectivity index (χ0n) is 9.35. The summed E-state index contributed by atoms with van der Waals surface area (Å²) in [5.74, 6) is -0.271. The lowest BCUT2D eigenvalue weighted by Crippen LogP contribution is -2.25. The van der Waals surface area contributed by atoms with Crippen molar-refractivity contribution >= 4 is 17.4 Å². The molecule has 0 unspecified atom stereocenters. The van der Waals surface area contributed by atoms with Crippen LogP contribution >= 0.6 is 0 Å². The molecule has 1 saturated heterocycles. The predicted molar refractivity (Wildman–Crippen MR) is 61.1 cm³/mol. The van der Waals surface area contributed by atoms with Crippen molar-refractivity contribution in [3.8, 4) is 5.69 Å². The van der Waals surface area contributed by atoms with Gasteiger partial charge in [0.15, 0.2) is 5.78 Å². The van der Waals surface area contributed by atoms with Crippen LogP contribution in [0.2, 0.25) is 0 Å². The first kappa shape index (κ1) is 10.6. The molecule has 7 nitrogen and oxygen atoms in total. The summed E-state index contributed by atoms with van der Waals surface area (Å²) in [7, 11) is 0. The maximum absolute atomic E-state index is 11.8. The van der Waals surface area contributed by atoms with Crippen molar-refractivity contribution in [2.45, 2.75) is 6.42 Å². The minimum atomic E-state index is -0.194. The molecule has 1 aromatic heterocycles. The van der Waals surface area contributed by atoms with Crippen molar-refractivity contribution in [3.05, 3.63) is 30.6 Å². The van der Waals surface area contributed by atoms with Crippen LogP contribution in [-0.4, -0.2) is 38.4 Å². The Morgan fingerprint density at radius 1 is 1.11 bits per heavy atom. The van der Waals surface area contributed by atoms with Gasteiger partial charge in [0.25, 0.3) is 0 Å².